The van der Waals surface area contributed by atoms with Crippen molar-refractivity contribution in [2.75, 3.05) is 25.1 Å². The van der Waals surface area contributed by atoms with Crippen LogP contribution in [0, 0.1) is 0 Å². The zero-order valence-corrected chi connectivity index (χ0v) is 11.2. The number of likely N-dealkylation sites (tertiary alicyclic amines) is 1. The van der Waals surface area contributed by atoms with E-state index in [0.29, 0.717) is 6.04 Å². The Balaban J connectivity index is 1.44. The quantitative estimate of drug-likeness (QED) is 0.885. The summed E-state index contributed by atoms with van der Waals surface area (Å²) in [6, 6.07) is 15.4. The molecule has 0 spiro atoms. The van der Waals surface area contributed by atoms with E-state index < -0.39 is 0 Å². The van der Waals surface area contributed by atoms with E-state index in [1.165, 1.54) is 18.5 Å². The number of benzene rings is 1. The third-order valence-electron chi connectivity index (χ3n) is 3.77. The van der Waals surface area contributed by atoms with Crippen LogP contribution in [0.3, 0.4) is 0 Å². The molecule has 3 heteroatoms. The molecule has 0 amide bonds. The maximum absolute atomic E-state index is 3.52. The first-order valence-electron chi connectivity index (χ1n) is 7.06. The number of aromatic nitrogens is 1. The van der Waals surface area contributed by atoms with E-state index in [1.807, 2.05) is 0 Å². The highest BCUT2D eigenvalue weighted by molar-refractivity contribution is 5.15. The van der Waals surface area contributed by atoms with Gasteiger partial charge in [-0.1, -0.05) is 30.3 Å². The molecule has 2 heterocycles. The minimum atomic E-state index is 0.572. The van der Waals surface area contributed by atoms with Crippen LogP contribution in [-0.4, -0.2) is 35.3 Å². The summed E-state index contributed by atoms with van der Waals surface area (Å²) < 4.78 is 2.06. The second-order valence-corrected chi connectivity index (χ2v) is 5.24. The highest BCUT2D eigenvalue weighted by Gasteiger charge is 2.21. The van der Waals surface area contributed by atoms with Crippen molar-refractivity contribution in [2.45, 2.75) is 18.9 Å². The van der Waals surface area contributed by atoms with Crippen LogP contribution >= 0.6 is 0 Å². The summed E-state index contributed by atoms with van der Waals surface area (Å²) in [5.74, 6) is 0. The fourth-order valence-corrected chi connectivity index (χ4v) is 2.70. The van der Waals surface area contributed by atoms with Crippen LogP contribution in [0.2, 0.25) is 0 Å². The molecule has 0 radical (unpaired) electrons. The number of rotatable bonds is 5. The molecule has 1 aliphatic rings. The van der Waals surface area contributed by atoms with Gasteiger partial charge in [0.05, 0.1) is 6.04 Å². The lowest BCUT2D eigenvalue weighted by atomic mass is 10.1. The molecule has 1 N–H and O–H groups in total. The lowest BCUT2D eigenvalue weighted by Gasteiger charge is -2.17. The third kappa shape index (κ3) is 3.38. The van der Waals surface area contributed by atoms with Crippen molar-refractivity contribution in [2.24, 2.45) is 0 Å². The summed E-state index contributed by atoms with van der Waals surface area (Å²) in [5.41, 5.74) is 4.96. The average Bonchev–Trinajstić information content (AvgIpc) is 3.10. The maximum Gasteiger partial charge on any atom is 0.0563 e. The summed E-state index contributed by atoms with van der Waals surface area (Å²) in [6.07, 6.45) is 6.50. The molecule has 0 saturated carbocycles. The van der Waals surface area contributed by atoms with E-state index in [-0.39, 0.29) is 0 Å². The predicted octanol–water partition coefficient (Wildman–Crippen LogP) is 2.35. The van der Waals surface area contributed by atoms with Gasteiger partial charge in [0.15, 0.2) is 0 Å². The van der Waals surface area contributed by atoms with Crippen molar-refractivity contribution in [3.8, 4) is 0 Å². The second-order valence-electron chi connectivity index (χ2n) is 5.24. The smallest absolute Gasteiger partial charge is 0.0563 e. The van der Waals surface area contributed by atoms with Gasteiger partial charge in [0.1, 0.15) is 0 Å². The van der Waals surface area contributed by atoms with Gasteiger partial charge in [-0.2, -0.15) is 0 Å². The van der Waals surface area contributed by atoms with E-state index in [0.717, 1.165) is 19.5 Å². The van der Waals surface area contributed by atoms with Crippen molar-refractivity contribution < 1.29 is 0 Å². The van der Waals surface area contributed by atoms with Crippen LogP contribution in [0.5, 0.6) is 0 Å². The number of hydrogen-bond acceptors (Lipinski definition) is 2. The Morgan fingerprint density at radius 3 is 2.63 bits per heavy atom. The minimum absolute atomic E-state index is 0.572. The molecule has 3 rings (SSSR count). The standard InChI is InChI=1S/C16H21N3/c1-2-6-15(7-3-1)8-12-18-13-9-16(14-18)17-19-10-4-5-11-19/h1-7,10-11,16-17H,8-9,12-14H2. The minimum Gasteiger partial charge on any atom is -0.322 e. The van der Waals surface area contributed by atoms with E-state index in [2.05, 4.69) is 69.9 Å². The Kier molecular flexibility index (Phi) is 3.84. The van der Waals surface area contributed by atoms with Gasteiger partial charge in [0, 0.05) is 32.0 Å². The zero-order valence-electron chi connectivity index (χ0n) is 11.2. The molecule has 100 valence electrons. The molecule has 19 heavy (non-hydrogen) atoms. The van der Waals surface area contributed by atoms with Gasteiger partial charge in [0.25, 0.3) is 0 Å². The van der Waals surface area contributed by atoms with Gasteiger partial charge in [-0.25, -0.2) is 0 Å². The molecular weight excluding hydrogens is 234 g/mol. The first-order chi connectivity index (χ1) is 9.40. The fourth-order valence-electron chi connectivity index (χ4n) is 2.70. The van der Waals surface area contributed by atoms with Gasteiger partial charge >= 0.3 is 0 Å². The number of nitrogens with one attached hydrogen (secondary N) is 1. The Hall–Kier alpha value is -1.74. The SMILES string of the molecule is c1ccc(CCN2CCC(Nn3cccc3)C2)cc1. The molecule has 1 aliphatic heterocycles. The largest absolute Gasteiger partial charge is 0.322 e. The lowest BCUT2D eigenvalue weighted by Crippen LogP contribution is -2.31. The Bertz CT molecular complexity index is 478. The highest BCUT2D eigenvalue weighted by Crippen LogP contribution is 2.11. The molecule has 1 unspecified atom stereocenters. The zero-order chi connectivity index (χ0) is 12.9. The van der Waals surface area contributed by atoms with Crippen molar-refractivity contribution >= 4 is 0 Å². The van der Waals surface area contributed by atoms with Gasteiger partial charge in [-0.15, -0.1) is 0 Å². The van der Waals surface area contributed by atoms with Gasteiger partial charge in [-0.05, 0) is 30.5 Å². The maximum atomic E-state index is 3.52. The molecule has 1 fully saturated rings. The number of nitrogens with zero attached hydrogens (tertiary/aromatic N) is 2. The molecule has 0 bridgehead atoms. The molecule has 3 nitrogen and oxygen atoms in total. The molecule has 1 atom stereocenters. The first kappa shape index (κ1) is 12.3. The summed E-state index contributed by atoms with van der Waals surface area (Å²) in [7, 11) is 0. The highest BCUT2D eigenvalue weighted by atomic mass is 15.4. The van der Waals surface area contributed by atoms with Crippen LogP contribution in [0.1, 0.15) is 12.0 Å². The molecule has 1 aromatic heterocycles. The summed E-state index contributed by atoms with van der Waals surface area (Å²) in [5, 5.41) is 0. The van der Waals surface area contributed by atoms with E-state index >= 15 is 0 Å². The van der Waals surface area contributed by atoms with Crippen LogP contribution in [0.25, 0.3) is 0 Å². The number of hydrogen-bond donors (Lipinski definition) is 1. The lowest BCUT2D eigenvalue weighted by molar-refractivity contribution is 0.339. The Morgan fingerprint density at radius 1 is 1.05 bits per heavy atom. The van der Waals surface area contributed by atoms with Crippen LogP contribution in [0.15, 0.2) is 54.9 Å². The molecule has 2 aromatic rings. The molecule has 0 aliphatic carbocycles. The molecule has 1 aromatic carbocycles. The van der Waals surface area contributed by atoms with Crippen LogP contribution < -0.4 is 5.43 Å². The van der Waals surface area contributed by atoms with E-state index in [4.69, 9.17) is 0 Å². The summed E-state index contributed by atoms with van der Waals surface area (Å²) in [6.45, 7) is 3.50. The van der Waals surface area contributed by atoms with E-state index in [1.54, 1.807) is 0 Å². The monoisotopic (exact) mass is 255 g/mol. The van der Waals surface area contributed by atoms with Crippen LogP contribution in [0.4, 0.5) is 0 Å². The Labute approximate surface area is 114 Å². The summed E-state index contributed by atoms with van der Waals surface area (Å²) in [4.78, 5) is 2.55. The van der Waals surface area contributed by atoms with Crippen LogP contribution in [-0.2, 0) is 6.42 Å². The van der Waals surface area contributed by atoms with Gasteiger partial charge in [0.2, 0.25) is 0 Å². The van der Waals surface area contributed by atoms with Crippen molar-refractivity contribution in [1.29, 1.82) is 0 Å². The second kappa shape index (κ2) is 5.93. The van der Waals surface area contributed by atoms with Gasteiger partial charge < -0.3 is 10.3 Å². The van der Waals surface area contributed by atoms with Gasteiger partial charge in [-0.3, -0.25) is 4.68 Å². The topological polar surface area (TPSA) is 20.2 Å². The van der Waals surface area contributed by atoms with Crippen molar-refractivity contribution in [3.05, 3.63) is 60.4 Å². The Morgan fingerprint density at radius 2 is 1.84 bits per heavy atom. The molecular formula is C16H21N3. The predicted molar refractivity (Wildman–Crippen MR) is 78.8 cm³/mol. The molecule has 1 saturated heterocycles. The summed E-state index contributed by atoms with van der Waals surface area (Å²) >= 11 is 0. The fraction of sp³-hybridized carbons (Fsp3) is 0.375. The van der Waals surface area contributed by atoms with E-state index in [9.17, 15) is 0 Å². The first-order valence-corrected chi connectivity index (χ1v) is 7.06. The third-order valence-corrected chi connectivity index (χ3v) is 3.77. The van der Waals surface area contributed by atoms with Crippen molar-refractivity contribution in [3.63, 3.8) is 0 Å². The van der Waals surface area contributed by atoms with Crippen molar-refractivity contribution in [1.82, 2.24) is 9.58 Å². The average molecular weight is 255 g/mol. The normalized spacial score (nSPS) is 19.7.